The van der Waals surface area contributed by atoms with Gasteiger partial charge < -0.3 is 10.5 Å². The Labute approximate surface area is 135 Å². The number of hydrogen-bond donors (Lipinski definition) is 1. The number of Topliss-reactive ketones (excluding diaryl/α,β-unsaturated/α-hetero) is 1. The summed E-state index contributed by atoms with van der Waals surface area (Å²) in [6, 6.07) is 6.70. The molecular weight excluding hydrogens is 294 g/mol. The van der Waals surface area contributed by atoms with E-state index in [1.165, 1.54) is 0 Å². The summed E-state index contributed by atoms with van der Waals surface area (Å²) in [6.07, 6.45) is 4.18. The van der Waals surface area contributed by atoms with Crippen molar-refractivity contribution in [3.63, 3.8) is 0 Å². The van der Waals surface area contributed by atoms with Crippen LogP contribution in [0.2, 0.25) is 0 Å². The molecule has 2 aliphatic carbocycles. The van der Waals surface area contributed by atoms with Gasteiger partial charge in [-0.25, -0.2) is 0 Å². The van der Waals surface area contributed by atoms with Gasteiger partial charge in [0.05, 0.1) is 5.92 Å². The normalized spacial score (nSPS) is 26.6. The van der Waals surface area contributed by atoms with Crippen LogP contribution in [-0.4, -0.2) is 17.7 Å². The van der Waals surface area contributed by atoms with Gasteiger partial charge in [-0.3, -0.25) is 14.4 Å². The Morgan fingerprint density at radius 3 is 2.26 bits per heavy atom. The summed E-state index contributed by atoms with van der Waals surface area (Å²) < 4.78 is 5.40. The van der Waals surface area contributed by atoms with E-state index >= 15 is 0 Å². The summed E-state index contributed by atoms with van der Waals surface area (Å²) in [5.41, 5.74) is 6.43. The van der Waals surface area contributed by atoms with Crippen LogP contribution in [0.1, 0.15) is 48.0 Å². The molecule has 0 radical (unpaired) electrons. The van der Waals surface area contributed by atoms with E-state index in [2.05, 4.69) is 0 Å². The van der Waals surface area contributed by atoms with Gasteiger partial charge in [0.2, 0.25) is 5.91 Å². The molecule has 0 spiro atoms. The third-order valence-corrected chi connectivity index (χ3v) is 5.00. The first-order valence-electron chi connectivity index (χ1n) is 8.13. The van der Waals surface area contributed by atoms with Crippen molar-refractivity contribution in [1.29, 1.82) is 0 Å². The zero-order chi connectivity index (χ0) is 16.4. The monoisotopic (exact) mass is 315 g/mol. The number of ether oxygens (including phenoxy) is 1. The molecule has 2 N–H and O–H groups in total. The molecule has 1 amide bonds. The average molecular weight is 315 g/mol. The van der Waals surface area contributed by atoms with Crippen LogP contribution >= 0.6 is 0 Å². The summed E-state index contributed by atoms with van der Waals surface area (Å²) in [4.78, 5) is 35.3. The minimum absolute atomic E-state index is 0.0508. The molecule has 0 aliphatic heterocycles. The molecule has 2 bridgehead atoms. The molecule has 5 nitrogen and oxygen atoms in total. The fourth-order valence-corrected chi connectivity index (χ4v) is 3.71. The second-order valence-electron chi connectivity index (χ2n) is 6.56. The van der Waals surface area contributed by atoms with Crippen molar-refractivity contribution < 1.29 is 19.1 Å². The predicted molar refractivity (Wildman–Crippen MR) is 83.3 cm³/mol. The first kappa shape index (κ1) is 15.7. The molecule has 2 aliphatic rings. The molecule has 1 unspecified atom stereocenters. The van der Waals surface area contributed by atoms with Gasteiger partial charge in [0.1, 0.15) is 12.4 Å². The van der Waals surface area contributed by atoms with Gasteiger partial charge in [-0.1, -0.05) is 18.6 Å². The van der Waals surface area contributed by atoms with Crippen LogP contribution in [0.15, 0.2) is 24.3 Å². The van der Waals surface area contributed by atoms with Crippen LogP contribution in [-0.2, 0) is 20.9 Å². The van der Waals surface area contributed by atoms with E-state index < -0.39 is 5.91 Å². The third kappa shape index (κ3) is 3.44. The summed E-state index contributed by atoms with van der Waals surface area (Å²) in [5, 5.41) is 0. The molecule has 2 saturated carbocycles. The molecule has 0 aromatic heterocycles. The summed E-state index contributed by atoms with van der Waals surface area (Å²) in [5.74, 6) is -0.402. The van der Waals surface area contributed by atoms with E-state index in [1.807, 2.05) is 0 Å². The van der Waals surface area contributed by atoms with Crippen molar-refractivity contribution in [1.82, 2.24) is 0 Å². The minimum Gasteiger partial charge on any atom is -0.461 e. The Morgan fingerprint density at radius 2 is 1.70 bits per heavy atom. The zero-order valence-electron chi connectivity index (χ0n) is 13.0. The number of benzene rings is 1. The number of primary amides is 1. The second kappa shape index (κ2) is 6.52. The molecule has 1 aromatic carbocycles. The fourth-order valence-electron chi connectivity index (χ4n) is 3.71. The SMILES string of the molecule is NC(=O)c1ccc(COC(=O)C2C[C@H]3CCC[C@@H](C2)C3=O)cc1. The van der Waals surface area contributed by atoms with E-state index in [9.17, 15) is 14.4 Å². The van der Waals surface area contributed by atoms with Crippen molar-refractivity contribution in [3.05, 3.63) is 35.4 Å². The predicted octanol–water partition coefficient (Wildman–Crippen LogP) is 2.22. The maximum atomic E-state index is 12.3. The Bertz CT molecular complexity index is 606. The van der Waals surface area contributed by atoms with Gasteiger partial charge in [0.25, 0.3) is 0 Å². The number of rotatable bonds is 4. The first-order chi connectivity index (χ1) is 11.0. The highest BCUT2D eigenvalue weighted by molar-refractivity contribution is 5.92. The molecule has 122 valence electrons. The Balaban J connectivity index is 1.55. The molecule has 1 aromatic rings. The molecule has 2 fully saturated rings. The van der Waals surface area contributed by atoms with Gasteiger partial charge >= 0.3 is 5.97 Å². The van der Waals surface area contributed by atoms with Crippen LogP contribution in [0.3, 0.4) is 0 Å². The van der Waals surface area contributed by atoms with Crippen molar-refractivity contribution in [2.24, 2.45) is 23.5 Å². The average Bonchev–Trinajstić information content (AvgIpc) is 2.52. The van der Waals surface area contributed by atoms with Gasteiger partial charge in [-0.15, -0.1) is 0 Å². The van der Waals surface area contributed by atoms with Gasteiger partial charge in [0, 0.05) is 17.4 Å². The molecule has 5 heteroatoms. The minimum atomic E-state index is -0.480. The maximum absolute atomic E-state index is 12.3. The lowest BCUT2D eigenvalue weighted by Gasteiger charge is -2.36. The Hall–Kier alpha value is -2.17. The lowest BCUT2D eigenvalue weighted by atomic mass is 9.67. The number of ketones is 1. The molecular formula is C18H21NO4. The summed E-state index contributed by atoms with van der Waals surface area (Å²) in [7, 11) is 0. The van der Waals surface area contributed by atoms with Crippen molar-refractivity contribution in [3.8, 4) is 0 Å². The van der Waals surface area contributed by atoms with Crippen LogP contribution in [0, 0.1) is 17.8 Å². The van der Waals surface area contributed by atoms with E-state index in [-0.39, 0.29) is 30.3 Å². The van der Waals surface area contributed by atoms with Gasteiger partial charge in [-0.05, 0) is 43.4 Å². The zero-order valence-corrected chi connectivity index (χ0v) is 13.0. The van der Waals surface area contributed by atoms with E-state index in [4.69, 9.17) is 10.5 Å². The summed E-state index contributed by atoms with van der Waals surface area (Å²) in [6.45, 7) is 0.178. The topological polar surface area (TPSA) is 86.5 Å². The summed E-state index contributed by atoms with van der Waals surface area (Å²) >= 11 is 0. The molecule has 3 atom stereocenters. The van der Waals surface area contributed by atoms with E-state index in [0.29, 0.717) is 24.2 Å². The third-order valence-electron chi connectivity index (χ3n) is 5.00. The Morgan fingerprint density at radius 1 is 1.09 bits per heavy atom. The van der Waals surface area contributed by atoms with Crippen LogP contribution in [0.25, 0.3) is 0 Å². The van der Waals surface area contributed by atoms with Crippen LogP contribution in [0.4, 0.5) is 0 Å². The number of amides is 1. The molecule has 0 heterocycles. The number of hydrogen-bond acceptors (Lipinski definition) is 4. The lowest BCUT2D eigenvalue weighted by molar-refractivity contribution is -0.154. The van der Waals surface area contributed by atoms with E-state index in [0.717, 1.165) is 24.8 Å². The number of carbonyl (C=O) groups excluding carboxylic acids is 3. The fraction of sp³-hybridized carbons (Fsp3) is 0.500. The lowest BCUT2D eigenvalue weighted by Crippen LogP contribution is -2.39. The van der Waals surface area contributed by atoms with Crippen molar-refractivity contribution >= 4 is 17.7 Å². The molecule has 3 rings (SSSR count). The second-order valence-corrected chi connectivity index (χ2v) is 6.56. The highest BCUT2D eigenvalue weighted by atomic mass is 16.5. The standard InChI is InChI=1S/C18H21NO4/c19-17(21)12-6-4-11(5-7-12)10-23-18(22)15-8-13-2-1-3-14(9-15)16(13)20/h4-7,13-15H,1-3,8-10H2,(H2,19,21)/t13-,14+,15?. The maximum Gasteiger partial charge on any atom is 0.309 e. The Kier molecular flexibility index (Phi) is 4.46. The largest absolute Gasteiger partial charge is 0.461 e. The van der Waals surface area contributed by atoms with Crippen molar-refractivity contribution in [2.45, 2.75) is 38.7 Å². The number of carbonyl (C=O) groups is 3. The highest BCUT2D eigenvalue weighted by Gasteiger charge is 2.41. The number of nitrogens with two attached hydrogens (primary N) is 1. The van der Waals surface area contributed by atoms with Crippen LogP contribution in [0.5, 0.6) is 0 Å². The number of fused-ring (bicyclic) bond motifs is 2. The van der Waals surface area contributed by atoms with Gasteiger partial charge in [-0.2, -0.15) is 0 Å². The molecule has 0 saturated heterocycles. The quantitative estimate of drug-likeness (QED) is 0.863. The van der Waals surface area contributed by atoms with E-state index in [1.54, 1.807) is 24.3 Å². The first-order valence-corrected chi connectivity index (χ1v) is 8.13. The highest BCUT2D eigenvalue weighted by Crippen LogP contribution is 2.40. The van der Waals surface area contributed by atoms with Crippen molar-refractivity contribution in [2.75, 3.05) is 0 Å². The smallest absolute Gasteiger partial charge is 0.309 e. The van der Waals surface area contributed by atoms with Gasteiger partial charge in [0.15, 0.2) is 0 Å². The van der Waals surface area contributed by atoms with Crippen LogP contribution < -0.4 is 5.73 Å². The number of esters is 1. The molecule has 23 heavy (non-hydrogen) atoms.